The number of amides is 2. The normalized spacial score (nSPS) is 34.1. The van der Waals surface area contributed by atoms with Crippen LogP contribution in [0.1, 0.15) is 126 Å². The molecule has 4 bridgehead atoms. The minimum atomic E-state index is -0.369. The molecule has 2 aromatic rings. The van der Waals surface area contributed by atoms with Crippen LogP contribution < -0.4 is 11.5 Å². The molecule has 8 nitrogen and oxygen atoms in total. The Morgan fingerprint density at radius 2 is 1.10 bits per heavy atom. The summed E-state index contributed by atoms with van der Waals surface area (Å²) in [7, 11) is 0. The number of fused-ring (bicyclic) bond motifs is 2. The minimum absolute atomic E-state index is 0.0565. The number of nitrogens with two attached hydrogens (primary N) is 2. The Morgan fingerprint density at radius 3 is 1.49 bits per heavy atom. The quantitative estimate of drug-likeness (QED) is 0.426. The van der Waals surface area contributed by atoms with Crippen LogP contribution in [-0.4, -0.2) is 71.4 Å². The van der Waals surface area contributed by atoms with E-state index in [-0.39, 0.29) is 22.6 Å². The molecule has 0 unspecified atom stereocenters. The van der Waals surface area contributed by atoms with Gasteiger partial charge in [0.05, 0.1) is 0 Å². The first-order chi connectivity index (χ1) is 24.6. The summed E-state index contributed by atoms with van der Waals surface area (Å²) >= 11 is 0. The molecule has 2 amide bonds. The third-order valence-electron chi connectivity index (χ3n) is 15.1. The Kier molecular flexibility index (Phi) is 8.30. The van der Waals surface area contributed by atoms with E-state index >= 15 is 0 Å². The van der Waals surface area contributed by atoms with Crippen molar-refractivity contribution in [2.24, 2.45) is 35.1 Å². The topological polar surface area (TPSA) is 127 Å². The number of likely N-dealkylation sites (tertiary alicyclic amines) is 2. The maximum Gasteiger partial charge on any atom is 0.248 e. The Morgan fingerprint density at radius 1 is 0.647 bits per heavy atom. The van der Waals surface area contributed by atoms with E-state index in [0.29, 0.717) is 59.5 Å². The molecular weight excluding hydrogens is 636 g/mol. The third kappa shape index (κ3) is 5.70. The van der Waals surface area contributed by atoms with E-state index < -0.39 is 0 Å². The molecule has 10 rings (SSSR count). The number of piperidine rings is 2. The molecule has 2 aromatic carbocycles. The molecule has 2 saturated heterocycles. The second-order valence-corrected chi connectivity index (χ2v) is 17.8. The average molecular weight is 691 g/mol. The van der Waals surface area contributed by atoms with E-state index in [4.69, 9.17) is 11.5 Å². The Hall–Kier alpha value is -3.36. The zero-order valence-electron chi connectivity index (χ0n) is 30.0. The number of Topliss-reactive ketones (excluding diaryl/α,β-unsaturated/α-hetero) is 2. The van der Waals surface area contributed by atoms with Crippen LogP contribution in [0.25, 0.3) is 0 Å². The lowest BCUT2D eigenvalue weighted by Crippen LogP contribution is -2.62. The summed E-state index contributed by atoms with van der Waals surface area (Å²) in [5.41, 5.74) is 17.3. The van der Waals surface area contributed by atoms with Gasteiger partial charge >= 0.3 is 0 Å². The summed E-state index contributed by atoms with van der Waals surface area (Å²) < 4.78 is 0. The maximum atomic E-state index is 12.5. The highest BCUT2D eigenvalue weighted by molar-refractivity contribution is 5.94. The molecule has 6 fully saturated rings. The molecule has 2 aliphatic heterocycles. The van der Waals surface area contributed by atoms with Gasteiger partial charge in [-0.25, -0.2) is 0 Å². The van der Waals surface area contributed by atoms with E-state index in [0.717, 1.165) is 76.3 Å². The number of primary amides is 2. The molecular formula is C43H54N4O4. The van der Waals surface area contributed by atoms with Crippen molar-refractivity contribution in [2.75, 3.05) is 26.2 Å². The average Bonchev–Trinajstić information content (AvgIpc) is 3.92. The molecule has 270 valence electrons. The van der Waals surface area contributed by atoms with Gasteiger partial charge in [-0.15, -0.1) is 0 Å². The van der Waals surface area contributed by atoms with E-state index in [1.807, 2.05) is 24.3 Å². The van der Waals surface area contributed by atoms with Crippen molar-refractivity contribution in [2.45, 2.75) is 119 Å². The molecule has 0 radical (unpaired) electrons. The third-order valence-corrected chi connectivity index (χ3v) is 15.1. The highest BCUT2D eigenvalue weighted by Crippen LogP contribution is 2.57. The SMILES string of the molecule is NC(=O)c1ccc2c(c1)[C@]13CCN(CC4CC4)[C@H](C2)[C@@H]1CCC(=O)C3.NC(=O)c1ccc2c(c1)[C@]13CCN(CC4CCC4)[C@H](C2)[C@@H]1CCC(=O)C3. The summed E-state index contributed by atoms with van der Waals surface area (Å²) in [4.78, 5) is 53.8. The standard InChI is InChI=1S/C22H28N2O2.C21H26N2O2/c23-21(26)16-5-4-15-11-20-18-7-6-17(25)12-22(18,19(15)10-16)8-9-24(20)13-14-2-1-3-14;22-20(25)15-4-3-14-10-19-17-6-5-16(24)11-21(17,18(14)9-15)7-8-23(19)12-13-1-2-13/h4-5,10,14,18,20H,1-3,6-9,11-13H2,(H2,23,26);3-4,9,13,17,19H,1-2,5-8,10-12H2,(H2,22,25)/t18-,20+,22-;17-,19+,21-/m00/s1. The summed E-state index contributed by atoms with van der Waals surface area (Å²) in [5.74, 6) is 2.92. The van der Waals surface area contributed by atoms with Crippen molar-refractivity contribution < 1.29 is 19.2 Å². The molecule has 4 saturated carbocycles. The van der Waals surface area contributed by atoms with E-state index in [1.165, 1.54) is 67.4 Å². The van der Waals surface area contributed by atoms with Crippen LogP contribution in [0.15, 0.2) is 36.4 Å². The van der Waals surface area contributed by atoms with Gasteiger partial charge < -0.3 is 11.5 Å². The van der Waals surface area contributed by atoms with Crippen LogP contribution in [0.2, 0.25) is 0 Å². The van der Waals surface area contributed by atoms with Gasteiger partial charge in [-0.3, -0.25) is 29.0 Å². The number of benzene rings is 2. The van der Waals surface area contributed by atoms with Gasteiger partial charge in [-0.05, 0) is 147 Å². The number of carbonyl (C=O) groups is 4. The second-order valence-electron chi connectivity index (χ2n) is 17.8. The van der Waals surface area contributed by atoms with Crippen molar-refractivity contribution in [3.05, 3.63) is 69.8 Å². The predicted octanol–water partition coefficient (Wildman–Crippen LogP) is 5.26. The predicted molar refractivity (Wildman–Crippen MR) is 195 cm³/mol. The molecule has 6 atom stereocenters. The fourth-order valence-corrected chi connectivity index (χ4v) is 12.2. The van der Waals surface area contributed by atoms with Gasteiger partial charge in [-0.2, -0.15) is 0 Å². The number of hydrogen-bond donors (Lipinski definition) is 2. The molecule has 0 aromatic heterocycles. The van der Waals surface area contributed by atoms with Crippen molar-refractivity contribution in [1.29, 1.82) is 0 Å². The fourth-order valence-electron chi connectivity index (χ4n) is 12.2. The van der Waals surface area contributed by atoms with E-state index in [9.17, 15) is 19.2 Å². The van der Waals surface area contributed by atoms with Crippen LogP contribution >= 0.6 is 0 Å². The second kappa shape index (κ2) is 12.6. The number of ketones is 2. The fraction of sp³-hybridized carbons (Fsp3) is 0.628. The first-order valence-electron chi connectivity index (χ1n) is 20.0. The molecule has 8 aliphatic rings. The lowest BCUT2D eigenvalue weighted by molar-refractivity contribution is -0.128. The van der Waals surface area contributed by atoms with E-state index in [2.05, 4.69) is 21.9 Å². The maximum absolute atomic E-state index is 12.5. The van der Waals surface area contributed by atoms with Gasteiger partial charge in [-0.1, -0.05) is 18.6 Å². The van der Waals surface area contributed by atoms with Crippen LogP contribution in [0.3, 0.4) is 0 Å². The zero-order chi connectivity index (χ0) is 35.1. The lowest BCUT2D eigenvalue weighted by atomic mass is 9.52. The number of rotatable bonds is 6. The highest BCUT2D eigenvalue weighted by atomic mass is 16.1. The van der Waals surface area contributed by atoms with Crippen LogP contribution in [0.4, 0.5) is 0 Å². The summed E-state index contributed by atoms with van der Waals surface area (Å²) in [5, 5.41) is 0. The summed E-state index contributed by atoms with van der Waals surface area (Å²) in [6, 6.07) is 13.1. The molecule has 2 heterocycles. The monoisotopic (exact) mass is 690 g/mol. The number of hydrogen-bond acceptors (Lipinski definition) is 6. The van der Waals surface area contributed by atoms with Crippen LogP contribution in [0.5, 0.6) is 0 Å². The molecule has 0 spiro atoms. The molecule has 8 heteroatoms. The lowest BCUT2D eigenvalue weighted by Gasteiger charge is -2.59. The van der Waals surface area contributed by atoms with Gasteiger partial charge in [0, 0.05) is 72.8 Å². The first-order valence-corrected chi connectivity index (χ1v) is 20.0. The van der Waals surface area contributed by atoms with Gasteiger partial charge in [0.15, 0.2) is 0 Å². The van der Waals surface area contributed by atoms with Crippen molar-refractivity contribution >= 4 is 23.4 Å². The molecule has 51 heavy (non-hydrogen) atoms. The van der Waals surface area contributed by atoms with Gasteiger partial charge in [0.2, 0.25) is 11.8 Å². The first kappa shape index (κ1) is 33.5. The Balaban J connectivity index is 0.000000137. The van der Waals surface area contributed by atoms with Crippen molar-refractivity contribution in [3.8, 4) is 0 Å². The molecule has 4 N–H and O–H groups in total. The van der Waals surface area contributed by atoms with Crippen LogP contribution in [-0.2, 0) is 33.3 Å². The highest BCUT2D eigenvalue weighted by Gasteiger charge is 2.57. The molecule has 6 aliphatic carbocycles. The van der Waals surface area contributed by atoms with Crippen molar-refractivity contribution in [1.82, 2.24) is 9.80 Å². The van der Waals surface area contributed by atoms with Crippen LogP contribution in [0, 0.1) is 23.7 Å². The van der Waals surface area contributed by atoms with Crippen molar-refractivity contribution in [3.63, 3.8) is 0 Å². The van der Waals surface area contributed by atoms with E-state index in [1.54, 1.807) is 0 Å². The smallest absolute Gasteiger partial charge is 0.248 e. The largest absolute Gasteiger partial charge is 0.366 e. The Bertz CT molecular complexity index is 1780. The minimum Gasteiger partial charge on any atom is -0.366 e. The number of carbonyl (C=O) groups excluding carboxylic acids is 4. The Labute approximate surface area is 302 Å². The van der Waals surface area contributed by atoms with Gasteiger partial charge in [0.25, 0.3) is 0 Å². The summed E-state index contributed by atoms with van der Waals surface area (Å²) in [6.07, 6.45) is 15.9. The zero-order valence-corrected chi connectivity index (χ0v) is 30.0. The summed E-state index contributed by atoms with van der Waals surface area (Å²) in [6.45, 7) is 4.65. The number of nitrogens with zero attached hydrogens (tertiary/aromatic N) is 2. The van der Waals surface area contributed by atoms with Gasteiger partial charge in [0.1, 0.15) is 11.6 Å².